The van der Waals surface area contributed by atoms with Crippen LogP contribution >= 0.6 is 11.8 Å². The van der Waals surface area contributed by atoms with E-state index in [0.717, 1.165) is 10.7 Å². The number of imide groups is 1. The molecule has 6 amide bonds. The van der Waals surface area contributed by atoms with E-state index in [-0.39, 0.29) is 87.6 Å². The van der Waals surface area contributed by atoms with E-state index in [1.807, 2.05) is 6.92 Å². The van der Waals surface area contributed by atoms with Crippen molar-refractivity contribution in [1.29, 1.82) is 0 Å². The van der Waals surface area contributed by atoms with Crippen molar-refractivity contribution in [2.75, 3.05) is 58.3 Å². The van der Waals surface area contributed by atoms with Crippen LogP contribution in [-0.4, -0.2) is 110 Å². The molecule has 1 heterocycles. The maximum absolute atomic E-state index is 12.2. The van der Waals surface area contributed by atoms with E-state index >= 15 is 0 Å². The number of carbonyl (C=O) groups excluding carboxylic acids is 6. The van der Waals surface area contributed by atoms with E-state index < -0.39 is 18.3 Å². The van der Waals surface area contributed by atoms with Crippen molar-refractivity contribution in [1.82, 2.24) is 26.2 Å². The highest BCUT2D eigenvalue weighted by Gasteiger charge is 2.38. The molecule has 0 spiro atoms. The normalized spacial score (nSPS) is 14.8. The molecular weight excluding hydrogens is 534 g/mol. The lowest BCUT2D eigenvalue weighted by molar-refractivity contribution is -0.138. The molecule has 0 bridgehead atoms. The third-order valence-corrected chi connectivity index (χ3v) is 6.35. The minimum Gasteiger partial charge on any atom is -0.447 e. The van der Waals surface area contributed by atoms with Crippen molar-refractivity contribution in [2.24, 2.45) is 0 Å². The summed E-state index contributed by atoms with van der Waals surface area (Å²) >= 11 is 1.42. The lowest BCUT2D eigenvalue weighted by Gasteiger charge is -2.18. The first-order valence-corrected chi connectivity index (χ1v) is 14.2. The second kappa shape index (κ2) is 19.9. The topological polar surface area (TPSA) is 181 Å². The molecule has 1 fully saturated rings. The lowest BCUT2D eigenvalue weighted by atomic mass is 10.3. The van der Waals surface area contributed by atoms with E-state index in [0.29, 0.717) is 19.5 Å². The molecule has 1 aliphatic rings. The van der Waals surface area contributed by atoms with Crippen LogP contribution in [0.3, 0.4) is 0 Å². The first-order chi connectivity index (χ1) is 18.7. The van der Waals surface area contributed by atoms with Gasteiger partial charge < -0.3 is 35.5 Å². The van der Waals surface area contributed by atoms with Gasteiger partial charge in [0.15, 0.2) is 0 Å². The Balaban J connectivity index is 2.22. The van der Waals surface area contributed by atoms with Crippen molar-refractivity contribution in [3.05, 3.63) is 0 Å². The van der Waals surface area contributed by atoms with Gasteiger partial charge in [0.05, 0.1) is 5.25 Å². The number of thioether (sulfide) groups is 1. The SMILES string of the molecule is CCNC(=O)OCC(COC(=O)NCC)OCCCC(=O)NCCNC(=O)CCN1C(=O)CC(SCC)C1=O. The standard InChI is InChI=1S/C24H41N5O9S/c1-4-25-23(34)37-15-17(16-38-24(35)26-5-2)36-13-7-8-19(30)27-10-11-28-20(31)9-12-29-21(32)14-18(22(29)33)39-6-3/h17-18H,4-16H2,1-3H3,(H,25,34)(H,26,35)(H,27,30)(H,28,31). The molecule has 0 saturated carbocycles. The van der Waals surface area contributed by atoms with Crippen molar-refractivity contribution < 1.29 is 43.0 Å². The Morgan fingerprint density at radius 3 is 2.00 bits per heavy atom. The summed E-state index contributed by atoms with van der Waals surface area (Å²) in [5.74, 6) is -0.328. The van der Waals surface area contributed by atoms with Gasteiger partial charge in [-0.3, -0.25) is 24.1 Å². The number of rotatable bonds is 19. The summed E-state index contributed by atoms with van der Waals surface area (Å²) in [6.45, 7) is 6.58. The zero-order valence-electron chi connectivity index (χ0n) is 22.9. The Morgan fingerprint density at radius 1 is 0.897 bits per heavy atom. The monoisotopic (exact) mass is 575 g/mol. The van der Waals surface area contributed by atoms with E-state index in [9.17, 15) is 28.8 Å². The summed E-state index contributed by atoms with van der Waals surface area (Å²) in [5, 5.41) is 9.93. The Bertz CT molecular complexity index is 808. The number of alkyl carbamates (subject to hydrolysis) is 2. The quantitative estimate of drug-likeness (QED) is 0.122. The fraction of sp³-hybridized carbons (Fsp3) is 0.750. The minimum absolute atomic E-state index is 0.00107. The van der Waals surface area contributed by atoms with Crippen LogP contribution in [0.4, 0.5) is 9.59 Å². The molecule has 15 heteroatoms. The Kier molecular flexibility index (Phi) is 17.3. The molecule has 0 aliphatic carbocycles. The third-order valence-electron chi connectivity index (χ3n) is 5.25. The molecule has 14 nitrogen and oxygen atoms in total. The van der Waals surface area contributed by atoms with E-state index in [1.165, 1.54) is 11.8 Å². The lowest BCUT2D eigenvalue weighted by Crippen LogP contribution is -2.38. The average Bonchev–Trinajstić information content (AvgIpc) is 3.16. The highest BCUT2D eigenvalue weighted by atomic mass is 32.2. The molecule has 39 heavy (non-hydrogen) atoms. The molecule has 0 aromatic rings. The van der Waals surface area contributed by atoms with Crippen LogP contribution in [-0.2, 0) is 33.4 Å². The summed E-state index contributed by atoms with van der Waals surface area (Å²) in [4.78, 5) is 72.5. The van der Waals surface area contributed by atoms with Gasteiger partial charge in [-0.15, -0.1) is 11.8 Å². The molecule has 1 atom stereocenters. The fourth-order valence-electron chi connectivity index (χ4n) is 3.37. The number of ether oxygens (including phenoxy) is 3. The predicted molar refractivity (Wildman–Crippen MR) is 143 cm³/mol. The van der Waals surface area contributed by atoms with Crippen LogP contribution in [0.1, 0.15) is 46.5 Å². The molecule has 4 N–H and O–H groups in total. The van der Waals surface area contributed by atoms with Crippen molar-refractivity contribution in [3.63, 3.8) is 0 Å². The first-order valence-electron chi connectivity index (χ1n) is 13.1. The zero-order valence-corrected chi connectivity index (χ0v) is 23.7. The maximum Gasteiger partial charge on any atom is 0.407 e. The number of hydrogen-bond donors (Lipinski definition) is 4. The summed E-state index contributed by atoms with van der Waals surface area (Å²) < 4.78 is 15.7. The zero-order chi connectivity index (χ0) is 29.0. The highest BCUT2D eigenvalue weighted by Crippen LogP contribution is 2.24. The molecule has 0 aromatic heterocycles. The van der Waals surface area contributed by atoms with E-state index in [1.54, 1.807) is 13.8 Å². The van der Waals surface area contributed by atoms with Crippen molar-refractivity contribution >= 4 is 47.6 Å². The van der Waals surface area contributed by atoms with Gasteiger partial charge in [-0.1, -0.05) is 6.92 Å². The van der Waals surface area contributed by atoms with Crippen LogP contribution < -0.4 is 21.3 Å². The van der Waals surface area contributed by atoms with Crippen molar-refractivity contribution in [2.45, 2.75) is 57.8 Å². The molecule has 1 unspecified atom stereocenters. The van der Waals surface area contributed by atoms with E-state index in [4.69, 9.17) is 14.2 Å². The van der Waals surface area contributed by atoms with Crippen LogP contribution in [0.15, 0.2) is 0 Å². The van der Waals surface area contributed by atoms with Crippen LogP contribution in [0.5, 0.6) is 0 Å². The largest absolute Gasteiger partial charge is 0.447 e. The second-order valence-electron chi connectivity index (χ2n) is 8.34. The first kappa shape index (κ1) is 34.0. The summed E-state index contributed by atoms with van der Waals surface area (Å²) in [5.41, 5.74) is 0. The van der Waals surface area contributed by atoms with Gasteiger partial charge in [-0.05, 0) is 26.0 Å². The van der Waals surface area contributed by atoms with Gasteiger partial charge in [0, 0.05) is 58.6 Å². The van der Waals surface area contributed by atoms with Crippen LogP contribution in [0, 0.1) is 0 Å². The van der Waals surface area contributed by atoms with Crippen LogP contribution in [0.2, 0.25) is 0 Å². The summed E-state index contributed by atoms with van der Waals surface area (Å²) in [6, 6.07) is 0. The van der Waals surface area contributed by atoms with Crippen LogP contribution in [0.25, 0.3) is 0 Å². The number of hydrogen-bond acceptors (Lipinski definition) is 10. The van der Waals surface area contributed by atoms with E-state index in [2.05, 4.69) is 21.3 Å². The van der Waals surface area contributed by atoms with Gasteiger partial charge in [-0.25, -0.2) is 9.59 Å². The number of carbonyl (C=O) groups is 6. The number of nitrogens with one attached hydrogen (secondary N) is 4. The molecule has 0 aromatic carbocycles. The molecule has 222 valence electrons. The smallest absolute Gasteiger partial charge is 0.407 e. The Hall–Kier alpha value is -3.07. The van der Waals surface area contributed by atoms with Gasteiger partial charge in [0.1, 0.15) is 19.3 Å². The second-order valence-corrected chi connectivity index (χ2v) is 9.82. The Morgan fingerprint density at radius 2 is 1.46 bits per heavy atom. The molecule has 0 radical (unpaired) electrons. The van der Waals surface area contributed by atoms with Gasteiger partial charge in [0.2, 0.25) is 23.6 Å². The number of nitrogens with zero attached hydrogens (tertiary/aromatic N) is 1. The maximum atomic E-state index is 12.2. The summed E-state index contributed by atoms with van der Waals surface area (Å²) in [7, 11) is 0. The predicted octanol–water partition coefficient (Wildman–Crippen LogP) is 0.147. The number of likely N-dealkylation sites (tertiary alicyclic amines) is 1. The Labute approximate surface area is 233 Å². The summed E-state index contributed by atoms with van der Waals surface area (Å²) in [6.07, 6.45) is -1.24. The van der Waals surface area contributed by atoms with Gasteiger partial charge >= 0.3 is 12.2 Å². The third kappa shape index (κ3) is 14.6. The van der Waals surface area contributed by atoms with Gasteiger partial charge in [-0.2, -0.15) is 0 Å². The average molecular weight is 576 g/mol. The van der Waals surface area contributed by atoms with Gasteiger partial charge in [0.25, 0.3) is 0 Å². The highest BCUT2D eigenvalue weighted by molar-refractivity contribution is 8.00. The molecule has 1 rings (SSSR count). The fourth-order valence-corrected chi connectivity index (χ4v) is 4.30. The molecule has 1 saturated heterocycles. The molecular formula is C24H41N5O9S. The molecule has 1 aliphatic heterocycles. The minimum atomic E-state index is -0.698. The number of amides is 6. The van der Waals surface area contributed by atoms with Crippen molar-refractivity contribution in [3.8, 4) is 0 Å².